The Morgan fingerprint density at radius 2 is 0.643 bits per heavy atom. The largest absolute Gasteiger partial charge is 0.468 e. The van der Waals surface area contributed by atoms with E-state index in [2.05, 4.69) is 30.6 Å². The van der Waals surface area contributed by atoms with Crippen LogP contribution < -0.4 is 0 Å². The first-order chi connectivity index (χ1) is 20.7. The van der Waals surface area contributed by atoms with Gasteiger partial charge in [0.25, 0.3) is 0 Å². The molecule has 0 aromatic carbocycles. The molecule has 0 radical (unpaired) electrons. The van der Waals surface area contributed by atoms with E-state index in [1.54, 1.807) is 0 Å². The Bertz CT molecular complexity index is 503. The molecule has 4 nitrogen and oxygen atoms in total. The van der Waals surface area contributed by atoms with E-state index in [4.69, 9.17) is 4.74 Å². The van der Waals surface area contributed by atoms with E-state index in [9.17, 15) is 4.79 Å². The van der Waals surface area contributed by atoms with Gasteiger partial charge in [-0.1, -0.05) is 175 Å². The molecular weight excluding hydrogens is 516 g/mol. The first-order valence-corrected chi connectivity index (χ1v) is 19.2. The molecule has 0 rings (SSSR count). The molecular formula is C38H78N2O2. The number of methoxy groups -OCH3 is 1. The van der Waals surface area contributed by atoms with Gasteiger partial charge >= 0.3 is 5.97 Å². The molecule has 0 aromatic rings. The molecule has 0 aliphatic carbocycles. The molecule has 42 heavy (non-hydrogen) atoms. The maximum absolute atomic E-state index is 12.1. The van der Waals surface area contributed by atoms with Crippen LogP contribution in [0, 0.1) is 0 Å². The second kappa shape index (κ2) is 34.9. The van der Waals surface area contributed by atoms with Crippen LogP contribution in [0.2, 0.25) is 0 Å². The minimum absolute atomic E-state index is 0.0890. The molecule has 0 bridgehead atoms. The fourth-order valence-electron chi connectivity index (χ4n) is 6.07. The van der Waals surface area contributed by atoms with Gasteiger partial charge in [-0.15, -0.1) is 0 Å². The van der Waals surface area contributed by atoms with Crippen molar-refractivity contribution in [2.45, 2.75) is 194 Å². The van der Waals surface area contributed by atoms with E-state index in [1.807, 2.05) is 0 Å². The van der Waals surface area contributed by atoms with Gasteiger partial charge in [-0.25, -0.2) is 0 Å². The molecule has 0 spiro atoms. The molecule has 0 N–H and O–H groups in total. The van der Waals surface area contributed by atoms with Crippen molar-refractivity contribution >= 4 is 5.97 Å². The summed E-state index contributed by atoms with van der Waals surface area (Å²) in [4.78, 5) is 17.2. The van der Waals surface area contributed by atoms with Gasteiger partial charge in [-0.2, -0.15) is 0 Å². The maximum atomic E-state index is 12.1. The van der Waals surface area contributed by atoms with Crippen LogP contribution in [0.25, 0.3) is 0 Å². The predicted octanol–water partition coefficient (Wildman–Crippen LogP) is 11.4. The van der Waals surface area contributed by atoms with Crippen molar-refractivity contribution in [2.24, 2.45) is 0 Å². The van der Waals surface area contributed by atoms with Crippen molar-refractivity contribution in [2.75, 3.05) is 46.4 Å². The summed E-state index contributed by atoms with van der Waals surface area (Å²) in [5.41, 5.74) is 0. The zero-order chi connectivity index (χ0) is 30.8. The van der Waals surface area contributed by atoms with Gasteiger partial charge in [0.2, 0.25) is 0 Å². The third kappa shape index (κ3) is 30.8. The summed E-state index contributed by atoms with van der Waals surface area (Å²) in [6, 6.07) is 0. The van der Waals surface area contributed by atoms with Crippen LogP contribution in [0.5, 0.6) is 0 Å². The zero-order valence-electron chi connectivity index (χ0n) is 29.5. The Balaban J connectivity index is 4.47. The fourth-order valence-corrected chi connectivity index (χ4v) is 6.07. The van der Waals surface area contributed by atoms with E-state index >= 15 is 0 Å². The molecule has 0 unspecified atom stereocenters. The molecule has 0 aromatic heterocycles. The third-order valence-electron chi connectivity index (χ3n) is 9.05. The third-order valence-corrected chi connectivity index (χ3v) is 9.05. The lowest BCUT2D eigenvalue weighted by Gasteiger charge is -2.27. The van der Waals surface area contributed by atoms with Crippen LogP contribution in [0.4, 0.5) is 0 Å². The smallest absolute Gasteiger partial charge is 0.319 e. The van der Waals surface area contributed by atoms with Gasteiger partial charge in [-0.05, 0) is 38.9 Å². The molecule has 0 heterocycles. The van der Waals surface area contributed by atoms with E-state index in [1.165, 1.54) is 194 Å². The Kier molecular flexibility index (Phi) is 34.4. The highest BCUT2D eigenvalue weighted by Gasteiger charge is 2.13. The highest BCUT2D eigenvalue weighted by molar-refractivity contribution is 5.71. The first kappa shape index (κ1) is 41.4. The number of ether oxygens (including phenoxy) is 1. The molecule has 0 aliphatic heterocycles. The van der Waals surface area contributed by atoms with Gasteiger partial charge in [0.15, 0.2) is 0 Å². The van der Waals surface area contributed by atoms with Crippen LogP contribution in [0.15, 0.2) is 0 Å². The number of hydrogen-bond acceptors (Lipinski definition) is 4. The highest BCUT2D eigenvalue weighted by Crippen LogP contribution is 2.13. The van der Waals surface area contributed by atoms with Crippen molar-refractivity contribution in [3.8, 4) is 0 Å². The summed E-state index contributed by atoms with van der Waals surface area (Å²) in [5, 5.41) is 0. The Hall–Kier alpha value is -0.610. The van der Waals surface area contributed by atoms with E-state index in [-0.39, 0.29) is 5.97 Å². The van der Waals surface area contributed by atoms with Crippen LogP contribution in [-0.2, 0) is 9.53 Å². The van der Waals surface area contributed by atoms with Crippen LogP contribution in [-0.4, -0.2) is 62.1 Å². The maximum Gasteiger partial charge on any atom is 0.319 e. The summed E-state index contributed by atoms with van der Waals surface area (Å²) in [6.45, 7) is 12.8. The number of esters is 1. The Labute approximate surface area is 265 Å². The lowest BCUT2D eigenvalue weighted by Crippen LogP contribution is -2.39. The summed E-state index contributed by atoms with van der Waals surface area (Å²) < 4.78 is 5.04. The van der Waals surface area contributed by atoms with E-state index < -0.39 is 0 Å². The molecule has 252 valence electrons. The molecule has 0 aliphatic rings. The van der Waals surface area contributed by atoms with Crippen molar-refractivity contribution in [1.82, 2.24) is 9.80 Å². The van der Waals surface area contributed by atoms with Crippen molar-refractivity contribution in [3.05, 3.63) is 0 Å². The van der Waals surface area contributed by atoms with E-state index in [0.29, 0.717) is 6.54 Å². The number of carbonyl (C=O) groups is 1. The van der Waals surface area contributed by atoms with Crippen LogP contribution in [0.1, 0.15) is 194 Å². The number of hydrogen-bond donors (Lipinski definition) is 0. The number of rotatable bonds is 35. The Morgan fingerprint density at radius 3 is 0.952 bits per heavy atom. The number of nitrogens with zero attached hydrogens (tertiary/aromatic N) is 2. The normalized spacial score (nSPS) is 11.7. The standard InChI is InChI=1S/C38H78N2O2/c1-5-8-11-14-17-19-21-24-26-29-32-39(33-30-27-25-22-20-18-15-12-9-6-2)35-36-40(37-38(41)42-4)34-31-28-23-16-13-10-7-3/h5-37H2,1-4H3. The molecule has 0 fully saturated rings. The van der Waals surface area contributed by atoms with Gasteiger partial charge in [0, 0.05) is 13.1 Å². The number of carbonyl (C=O) groups excluding carboxylic acids is 1. The second-order valence-electron chi connectivity index (χ2n) is 13.2. The van der Waals surface area contributed by atoms with Crippen molar-refractivity contribution in [3.63, 3.8) is 0 Å². The average molecular weight is 595 g/mol. The summed E-state index contributed by atoms with van der Waals surface area (Å²) >= 11 is 0. The molecule has 4 heteroatoms. The molecule has 0 atom stereocenters. The SMILES string of the molecule is CCCCCCCCCCCCN(CCCCCCCCCCCC)CCN(CCCCCCCCC)CC(=O)OC. The summed E-state index contributed by atoms with van der Waals surface area (Å²) in [5.74, 6) is -0.0890. The zero-order valence-corrected chi connectivity index (χ0v) is 29.5. The molecule has 0 saturated carbocycles. The lowest BCUT2D eigenvalue weighted by atomic mass is 10.1. The van der Waals surface area contributed by atoms with Gasteiger partial charge in [0.05, 0.1) is 13.7 Å². The Morgan fingerprint density at radius 1 is 0.381 bits per heavy atom. The fraction of sp³-hybridized carbons (Fsp3) is 0.974. The number of unbranched alkanes of at least 4 members (excludes halogenated alkanes) is 24. The predicted molar refractivity (Wildman–Crippen MR) is 187 cm³/mol. The van der Waals surface area contributed by atoms with Crippen molar-refractivity contribution in [1.29, 1.82) is 0 Å². The minimum atomic E-state index is -0.0890. The average Bonchev–Trinajstić information content (AvgIpc) is 3.00. The quantitative estimate of drug-likeness (QED) is 0.0539. The molecule has 0 amide bonds. The van der Waals surface area contributed by atoms with E-state index in [0.717, 1.165) is 19.6 Å². The van der Waals surface area contributed by atoms with Crippen LogP contribution >= 0.6 is 0 Å². The highest BCUT2D eigenvalue weighted by atomic mass is 16.5. The van der Waals surface area contributed by atoms with Crippen LogP contribution in [0.3, 0.4) is 0 Å². The minimum Gasteiger partial charge on any atom is -0.468 e. The monoisotopic (exact) mass is 595 g/mol. The molecule has 0 saturated heterocycles. The van der Waals surface area contributed by atoms with Gasteiger partial charge < -0.3 is 9.64 Å². The lowest BCUT2D eigenvalue weighted by molar-refractivity contribution is -0.142. The van der Waals surface area contributed by atoms with Gasteiger partial charge in [-0.3, -0.25) is 9.69 Å². The summed E-state index contributed by atoms with van der Waals surface area (Å²) in [6.07, 6.45) is 37.1. The van der Waals surface area contributed by atoms with Crippen molar-refractivity contribution < 1.29 is 9.53 Å². The second-order valence-corrected chi connectivity index (χ2v) is 13.2. The topological polar surface area (TPSA) is 32.8 Å². The summed E-state index contributed by atoms with van der Waals surface area (Å²) in [7, 11) is 1.52. The van der Waals surface area contributed by atoms with Gasteiger partial charge in [0.1, 0.15) is 0 Å². The first-order valence-electron chi connectivity index (χ1n) is 19.2.